The van der Waals surface area contributed by atoms with Crippen molar-refractivity contribution in [2.75, 3.05) is 0 Å². The number of hydrogen-bond acceptors (Lipinski definition) is 2. The summed E-state index contributed by atoms with van der Waals surface area (Å²) in [5.74, 6) is 0.0715. The molecule has 3 nitrogen and oxygen atoms in total. The van der Waals surface area contributed by atoms with E-state index in [0.717, 1.165) is 25.7 Å². The molecule has 0 atom stereocenters. The number of hydrogen-bond donors (Lipinski definition) is 2. The van der Waals surface area contributed by atoms with E-state index in [1.54, 1.807) is 0 Å². The lowest BCUT2D eigenvalue weighted by atomic mass is 9.93. The van der Waals surface area contributed by atoms with Gasteiger partial charge in [-0.3, -0.25) is 4.79 Å². The van der Waals surface area contributed by atoms with Gasteiger partial charge < -0.3 is 11.1 Å². The minimum absolute atomic E-state index is 0.0715. The third-order valence-corrected chi connectivity index (χ3v) is 2.68. The van der Waals surface area contributed by atoms with E-state index in [1.807, 2.05) is 0 Å². The molecule has 0 aromatic carbocycles. The van der Waals surface area contributed by atoms with Crippen molar-refractivity contribution in [3.8, 4) is 0 Å². The van der Waals surface area contributed by atoms with Crippen molar-refractivity contribution in [1.82, 2.24) is 5.32 Å². The largest absolute Gasteiger partial charge is 0.352 e. The maximum absolute atomic E-state index is 11.3. The van der Waals surface area contributed by atoms with Crippen LogP contribution in [0.4, 0.5) is 0 Å². The second-order valence-electron chi connectivity index (χ2n) is 3.76. The molecule has 0 aromatic rings. The van der Waals surface area contributed by atoms with Gasteiger partial charge in [-0.2, -0.15) is 0 Å². The Morgan fingerprint density at radius 3 is 2.45 bits per heavy atom. The molecule has 0 unspecified atom stereocenters. The van der Waals surface area contributed by atoms with Crippen molar-refractivity contribution < 1.29 is 4.79 Å². The highest BCUT2D eigenvalue weighted by molar-refractivity contribution is 5.89. The lowest BCUT2D eigenvalue weighted by molar-refractivity contribution is -0.124. The maximum atomic E-state index is 11.3. The highest BCUT2D eigenvalue weighted by atomic mass is 16.2. The molecule has 0 saturated heterocycles. The average Bonchev–Trinajstić information content (AvgIpc) is 2.59. The van der Waals surface area contributed by atoms with Gasteiger partial charge in [0.2, 0.25) is 5.91 Å². The molecule has 0 bridgehead atoms. The van der Waals surface area contributed by atoms with Crippen LogP contribution in [0.3, 0.4) is 0 Å². The van der Waals surface area contributed by atoms with Gasteiger partial charge >= 0.3 is 0 Å². The Balaban J connectivity index is 1.81. The summed E-state index contributed by atoms with van der Waals surface area (Å²) in [5.41, 5.74) is 5.23. The predicted octanol–water partition coefficient (Wildman–Crippen LogP) is 0.146. The van der Waals surface area contributed by atoms with Crippen molar-refractivity contribution in [2.24, 2.45) is 5.73 Å². The molecule has 1 amide bonds. The average molecular weight is 154 g/mol. The summed E-state index contributed by atoms with van der Waals surface area (Å²) in [6, 6.07) is 0.434. The van der Waals surface area contributed by atoms with Gasteiger partial charge in [0.15, 0.2) is 0 Å². The smallest absolute Gasteiger partial charge is 0.240 e. The van der Waals surface area contributed by atoms with Crippen molar-refractivity contribution >= 4 is 5.91 Å². The van der Waals surface area contributed by atoms with Crippen molar-refractivity contribution in [1.29, 1.82) is 0 Å². The zero-order valence-electron chi connectivity index (χ0n) is 6.60. The van der Waals surface area contributed by atoms with Crippen molar-refractivity contribution in [3.05, 3.63) is 0 Å². The van der Waals surface area contributed by atoms with E-state index in [2.05, 4.69) is 5.32 Å². The molecule has 3 heteroatoms. The van der Waals surface area contributed by atoms with Gasteiger partial charge in [0, 0.05) is 6.04 Å². The number of carbonyl (C=O) groups is 1. The predicted molar refractivity (Wildman–Crippen MR) is 41.9 cm³/mol. The summed E-state index contributed by atoms with van der Waals surface area (Å²) in [5, 5.41) is 2.95. The number of amides is 1. The molecule has 2 saturated carbocycles. The van der Waals surface area contributed by atoms with Crippen LogP contribution in [0.2, 0.25) is 0 Å². The van der Waals surface area contributed by atoms with Gasteiger partial charge in [-0.05, 0) is 32.1 Å². The fraction of sp³-hybridized carbons (Fsp3) is 0.875. The first-order valence-corrected chi connectivity index (χ1v) is 4.31. The molecule has 2 aliphatic carbocycles. The van der Waals surface area contributed by atoms with Gasteiger partial charge in [0.1, 0.15) is 0 Å². The fourth-order valence-electron chi connectivity index (χ4n) is 1.24. The Kier molecular flexibility index (Phi) is 1.42. The van der Waals surface area contributed by atoms with Crippen LogP contribution < -0.4 is 11.1 Å². The Morgan fingerprint density at radius 2 is 2.09 bits per heavy atom. The van der Waals surface area contributed by atoms with Gasteiger partial charge in [0.25, 0.3) is 0 Å². The van der Waals surface area contributed by atoms with Crippen LogP contribution in [0.15, 0.2) is 0 Å². The summed E-state index contributed by atoms with van der Waals surface area (Å²) in [7, 11) is 0. The molecular weight excluding hydrogens is 140 g/mol. The third kappa shape index (κ3) is 1.25. The Morgan fingerprint density at radius 1 is 1.45 bits per heavy atom. The second-order valence-corrected chi connectivity index (χ2v) is 3.76. The Hall–Kier alpha value is -0.570. The van der Waals surface area contributed by atoms with Crippen molar-refractivity contribution in [3.63, 3.8) is 0 Å². The van der Waals surface area contributed by atoms with E-state index < -0.39 is 5.54 Å². The van der Waals surface area contributed by atoms with E-state index in [1.165, 1.54) is 6.42 Å². The number of carbonyl (C=O) groups excluding carboxylic acids is 1. The van der Waals surface area contributed by atoms with E-state index in [4.69, 9.17) is 5.73 Å². The van der Waals surface area contributed by atoms with Gasteiger partial charge in [-0.25, -0.2) is 0 Å². The van der Waals surface area contributed by atoms with Crippen LogP contribution in [0, 0.1) is 0 Å². The summed E-state index contributed by atoms with van der Waals surface area (Å²) in [6.07, 6.45) is 5.27. The van der Waals surface area contributed by atoms with Crippen LogP contribution in [-0.2, 0) is 4.79 Å². The molecule has 0 aromatic heterocycles. The molecule has 2 aliphatic rings. The van der Waals surface area contributed by atoms with Crippen LogP contribution in [0.25, 0.3) is 0 Å². The monoisotopic (exact) mass is 154 g/mol. The van der Waals surface area contributed by atoms with Gasteiger partial charge in [-0.1, -0.05) is 0 Å². The normalized spacial score (nSPS) is 27.4. The molecule has 0 aliphatic heterocycles. The molecule has 0 spiro atoms. The molecule has 2 fully saturated rings. The zero-order valence-corrected chi connectivity index (χ0v) is 6.60. The minimum Gasteiger partial charge on any atom is -0.352 e. The van der Waals surface area contributed by atoms with Crippen LogP contribution in [0.5, 0.6) is 0 Å². The lowest BCUT2D eigenvalue weighted by Gasteiger charge is -2.27. The topological polar surface area (TPSA) is 55.1 Å². The number of rotatable bonds is 2. The van der Waals surface area contributed by atoms with E-state index in [9.17, 15) is 4.79 Å². The van der Waals surface area contributed by atoms with Gasteiger partial charge in [0.05, 0.1) is 5.54 Å². The lowest BCUT2D eigenvalue weighted by Crippen LogP contribution is -2.49. The first-order valence-electron chi connectivity index (χ1n) is 4.31. The fourth-order valence-corrected chi connectivity index (χ4v) is 1.24. The quantitative estimate of drug-likeness (QED) is 0.594. The molecule has 3 N–H and O–H groups in total. The highest BCUT2D eigenvalue weighted by Gasteiger charge is 2.46. The molecule has 62 valence electrons. The first kappa shape index (κ1) is 7.10. The molecule has 0 radical (unpaired) electrons. The van der Waals surface area contributed by atoms with Crippen LogP contribution in [-0.4, -0.2) is 17.5 Å². The molecule has 0 heterocycles. The second kappa shape index (κ2) is 2.21. The van der Waals surface area contributed by atoms with Crippen LogP contribution in [0.1, 0.15) is 32.1 Å². The minimum atomic E-state index is -0.477. The Bertz CT molecular complexity index is 183. The summed E-state index contributed by atoms with van der Waals surface area (Å²) >= 11 is 0. The Labute approximate surface area is 66.3 Å². The van der Waals surface area contributed by atoms with Crippen molar-refractivity contribution in [2.45, 2.75) is 43.7 Å². The highest BCUT2D eigenvalue weighted by Crippen LogP contribution is 2.33. The van der Waals surface area contributed by atoms with E-state index >= 15 is 0 Å². The van der Waals surface area contributed by atoms with Crippen LogP contribution >= 0.6 is 0 Å². The first-order chi connectivity index (χ1) is 5.21. The summed E-state index contributed by atoms with van der Waals surface area (Å²) in [6.45, 7) is 0. The third-order valence-electron chi connectivity index (χ3n) is 2.68. The summed E-state index contributed by atoms with van der Waals surface area (Å²) < 4.78 is 0. The van der Waals surface area contributed by atoms with E-state index in [0.29, 0.717) is 6.04 Å². The van der Waals surface area contributed by atoms with E-state index in [-0.39, 0.29) is 5.91 Å². The molecular formula is C8H14N2O. The molecule has 11 heavy (non-hydrogen) atoms. The standard InChI is InChI=1S/C8H14N2O/c9-8(4-5-8)7(11)10-6-2-1-3-6/h6H,1-5,9H2,(H,10,11). The number of nitrogens with one attached hydrogen (secondary N) is 1. The number of nitrogens with two attached hydrogens (primary N) is 1. The van der Waals surface area contributed by atoms with Gasteiger partial charge in [-0.15, -0.1) is 0 Å². The maximum Gasteiger partial charge on any atom is 0.240 e. The molecule has 2 rings (SSSR count). The summed E-state index contributed by atoms with van der Waals surface area (Å²) in [4.78, 5) is 11.3. The SMILES string of the molecule is NC1(C(=O)NC2CCC2)CC1. The zero-order chi connectivity index (χ0) is 7.90.